The maximum atomic E-state index is 12.6. The molecule has 1 atom stereocenters. The highest BCUT2D eigenvalue weighted by molar-refractivity contribution is 6.30. The molecule has 25 heavy (non-hydrogen) atoms. The van der Waals surface area contributed by atoms with Gasteiger partial charge >= 0.3 is 6.03 Å². The third-order valence-corrected chi connectivity index (χ3v) is 4.33. The number of halogens is 1. The lowest BCUT2D eigenvalue weighted by molar-refractivity contribution is 0.126. The van der Waals surface area contributed by atoms with E-state index in [2.05, 4.69) is 15.5 Å². The van der Waals surface area contributed by atoms with Crippen LogP contribution in [0, 0.1) is 0 Å². The lowest BCUT2D eigenvalue weighted by atomic mass is 10.0. The minimum atomic E-state index is -0.289. The molecule has 6 nitrogen and oxygen atoms in total. The van der Waals surface area contributed by atoms with Crippen molar-refractivity contribution < 1.29 is 9.32 Å². The third-order valence-electron chi connectivity index (χ3n) is 4.07. The molecule has 7 heteroatoms. The topological polar surface area (TPSA) is 71.3 Å². The van der Waals surface area contributed by atoms with Gasteiger partial charge in [-0.2, -0.15) is 4.98 Å². The summed E-state index contributed by atoms with van der Waals surface area (Å²) < 4.78 is 5.48. The maximum absolute atomic E-state index is 12.6. The number of rotatable bonds is 2. The number of benzene rings is 1. The Kier molecular flexibility index (Phi) is 4.99. The van der Waals surface area contributed by atoms with Gasteiger partial charge in [-0.05, 0) is 64.3 Å². The molecular formula is C18H23ClN4O2. The molecule has 1 aromatic heterocycles. The number of carbonyl (C=O) groups is 1. The molecule has 1 aliphatic rings. The van der Waals surface area contributed by atoms with Crippen molar-refractivity contribution in [1.29, 1.82) is 0 Å². The summed E-state index contributed by atoms with van der Waals surface area (Å²) >= 11 is 5.92. The summed E-state index contributed by atoms with van der Waals surface area (Å²) in [6.45, 7) is 6.59. The van der Waals surface area contributed by atoms with E-state index in [1.165, 1.54) is 0 Å². The van der Waals surface area contributed by atoms with Crippen LogP contribution >= 0.6 is 11.6 Å². The lowest BCUT2D eigenvalue weighted by Crippen LogP contribution is -2.50. The highest BCUT2D eigenvalue weighted by Crippen LogP contribution is 2.31. The van der Waals surface area contributed by atoms with E-state index in [1.807, 2.05) is 32.9 Å². The second kappa shape index (κ2) is 7.04. The molecule has 1 fully saturated rings. The molecule has 1 unspecified atom stereocenters. The number of nitrogens with one attached hydrogen (secondary N) is 1. The van der Waals surface area contributed by atoms with Crippen LogP contribution in [0.15, 0.2) is 28.8 Å². The number of urea groups is 1. The van der Waals surface area contributed by atoms with Crippen LogP contribution in [0.4, 0.5) is 4.79 Å². The maximum Gasteiger partial charge on any atom is 0.318 e. The van der Waals surface area contributed by atoms with Crippen molar-refractivity contribution in [2.75, 3.05) is 6.54 Å². The molecule has 2 aromatic rings. The van der Waals surface area contributed by atoms with E-state index in [0.717, 1.165) is 24.8 Å². The van der Waals surface area contributed by atoms with Gasteiger partial charge < -0.3 is 14.7 Å². The predicted molar refractivity (Wildman–Crippen MR) is 96.3 cm³/mol. The van der Waals surface area contributed by atoms with Gasteiger partial charge in [0.1, 0.15) is 6.04 Å². The van der Waals surface area contributed by atoms with Crippen molar-refractivity contribution in [1.82, 2.24) is 20.4 Å². The summed E-state index contributed by atoms with van der Waals surface area (Å²) in [4.78, 5) is 18.9. The van der Waals surface area contributed by atoms with Crippen molar-refractivity contribution in [3.8, 4) is 11.4 Å². The van der Waals surface area contributed by atoms with Gasteiger partial charge in [-0.3, -0.25) is 0 Å². The largest absolute Gasteiger partial charge is 0.337 e. The highest BCUT2D eigenvalue weighted by Gasteiger charge is 2.33. The average molecular weight is 363 g/mol. The van der Waals surface area contributed by atoms with E-state index in [9.17, 15) is 4.79 Å². The Morgan fingerprint density at radius 2 is 2.00 bits per heavy atom. The summed E-state index contributed by atoms with van der Waals surface area (Å²) in [5.74, 6) is 0.988. The third kappa shape index (κ3) is 4.31. The molecule has 3 rings (SSSR count). The summed E-state index contributed by atoms with van der Waals surface area (Å²) in [7, 11) is 0. The van der Waals surface area contributed by atoms with E-state index in [0.29, 0.717) is 23.3 Å². The fraction of sp³-hybridized carbons (Fsp3) is 0.500. The van der Waals surface area contributed by atoms with Gasteiger partial charge in [0.25, 0.3) is 0 Å². The summed E-state index contributed by atoms with van der Waals surface area (Å²) in [6, 6.07) is 6.99. The number of piperidine rings is 1. The van der Waals surface area contributed by atoms with E-state index >= 15 is 0 Å². The van der Waals surface area contributed by atoms with Crippen molar-refractivity contribution in [2.45, 2.75) is 51.6 Å². The first kappa shape index (κ1) is 17.7. The first-order valence-corrected chi connectivity index (χ1v) is 8.89. The van der Waals surface area contributed by atoms with Gasteiger partial charge in [-0.15, -0.1) is 0 Å². The van der Waals surface area contributed by atoms with Gasteiger partial charge in [-0.1, -0.05) is 16.8 Å². The van der Waals surface area contributed by atoms with E-state index in [1.54, 1.807) is 17.0 Å². The minimum absolute atomic E-state index is 0.0940. The Bertz CT molecular complexity index is 736. The first-order valence-electron chi connectivity index (χ1n) is 8.52. The molecule has 134 valence electrons. The molecule has 0 saturated carbocycles. The van der Waals surface area contributed by atoms with Crippen LogP contribution in [0.2, 0.25) is 5.02 Å². The Labute approximate surface area is 152 Å². The Hall–Kier alpha value is -2.08. The van der Waals surface area contributed by atoms with E-state index in [-0.39, 0.29) is 17.6 Å². The standard InChI is InChI=1S/C18H23ClN4O2/c1-18(2,3)21-17(24)23-11-5-4-6-14(23)16-20-15(22-25-16)12-7-9-13(19)10-8-12/h7-10,14H,4-6,11H2,1-3H3,(H,21,24). The van der Waals surface area contributed by atoms with Gasteiger partial charge in [0.2, 0.25) is 11.7 Å². The quantitative estimate of drug-likeness (QED) is 0.858. The lowest BCUT2D eigenvalue weighted by Gasteiger charge is -2.35. The number of amides is 2. The molecule has 1 saturated heterocycles. The average Bonchev–Trinajstić information content (AvgIpc) is 3.04. The van der Waals surface area contributed by atoms with Gasteiger partial charge in [0, 0.05) is 22.7 Å². The van der Waals surface area contributed by atoms with Crippen molar-refractivity contribution in [2.24, 2.45) is 0 Å². The number of aromatic nitrogens is 2. The van der Waals surface area contributed by atoms with Gasteiger partial charge in [-0.25, -0.2) is 4.79 Å². The molecule has 0 bridgehead atoms. The predicted octanol–water partition coefficient (Wildman–Crippen LogP) is 4.43. The second-order valence-electron chi connectivity index (χ2n) is 7.35. The molecular weight excluding hydrogens is 340 g/mol. The van der Waals surface area contributed by atoms with Crippen LogP contribution in [-0.2, 0) is 0 Å². The monoisotopic (exact) mass is 362 g/mol. The fourth-order valence-corrected chi connectivity index (χ4v) is 3.04. The SMILES string of the molecule is CC(C)(C)NC(=O)N1CCCCC1c1nc(-c2ccc(Cl)cc2)no1. The van der Waals surface area contributed by atoms with Crippen LogP contribution in [-0.4, -0.2) is 33.2 Å². The number of likely N-dealkylation sites (tertiary alicyclic amines) is 1. The number of carbonyl (C=O) groups excluding carboxylic acids is 1. The molecule has 0 radical (unpaired) electrons. The summed E-state index contributed by atoms with van der Waals surface area (Å²) in [5, 5.41) is 7.75. The Morgan fingerprint density at radius 1 is 1.28 bits per heavy atom. The normalized spacial score (nSPS) is 18.2. The molecule has 2 heterocycles. The Morgan fingerprint density at radius 3 is 2.68 bits per heavy atom. The smallest absolute Gasteiger partial charge is 0.318 e. The minimum Gasteiger partial charge on any atom is -0.337 e. The van der Waals surface area contributed by atoms with Crippen LogP contribution in [0.5, 0.6) is 0 Å². The molecule has 1 N–H and O–H groups in total. The zero-order valence-corrected chi connectivity index (χ0v) is 15.5. The Balaban J connectivity index is 1.81. The molecule has 1 aliphatic heterocycles. The van der Waals surface area contributed by atoms with Gasteiger partial charge in [0.15, 0.2) is 0 Å². The van der Waals surface area contributed by atoms with E-state index < -0.39 is 0 Å². The molecule has 0 spiro atoms. The number of hydrogen-bond donors (Lipinski definition) is 1. The molecule has 0 aliphatic carbocycles. The fourth-order valence-electron chi connectivity index (χ4n) is 2.91. The zero-order chi connectivity index (χ0) is 18.0. The van der Waals surface area contributed by atoms with Crippen LogP contribution in [0.1, 0.15) is 52.0 Å². The number of nitrogens with zero attached hydrogens (tertiary/aromatic N) is 3. The highest BCUT2D eigenvalue weighted by atomic mass is 35.5. The summed E-state index contributed by atoms with van der Waals surface area (Å²) in [6.07, 6.45) is 2.83. The van der Waals surface area contributed by atoms with Gasteiger partial charge in [0.05, 0.1) is 0 Å². The second-order valence-corrected chi connectivity index (χ2v) is 7.78. The molecule has 2 amide bonds. The summed E-state index contributed by atoms with van der Waals surface area (Å²) in [5.41, 5.74) is 0.545. The van der Waals surface area contributed by atoms with Crippen LogP contribution < -0.4 is 5.32 Å². The molecule has 1 aromatic carbocycles. The first-order chi connectivity index (χ1) is 11.8. The van der Waals surface area contributed by atoms with Crippen molar-refractivity contribution in [3.63, 3.8) is 0 Å². The number of hydrogen-bond acceptors (Lipinski definition) is 4. The zero-order valence-electron chi connectivity index (χ0n) is 14.8. The van der Waals surface area contributed by atoms with Crippen LogP contribution in [0.3, 0.4) is 0 Å². The van der Waals surface area contributed by atoms with Crippen molar-refractivity contribution >= 4 is 17.6 Å². The van der Waals surface area contributed by atoms with Crippen LogP contribution in [0.25, 0.3) is 11.4 Å². The van der Waals surface area contributed by atoms with E-state index in [4.69, 9.17) is 16.1 Å². The van der Waals surface area contributed by atoms with Crippen molar-refractivity contribution in [3.05, 3.63) is 35.2 Å².